The van der Waals surface area contributed by atoms with E-state index in [2.05, 4.69) is 33.2 Å². The molecule has 0 aliphatic heterocycles. The Hall–Kier alpha value is -6.63. The van der Waals surface area contributed by atoms with Gasteiger partial charge < -0.3 is 52.7 Å². The molecule has 1 fully saturated rings. The Morgan fingerprint density at radius 2 is 1.07 bits per heavy atom. The predicted octanol–water partition coefficient (Wildman–Crippen LogP) is 0.974. The second-order valence-electron chi connectivity index (χ2n) is 14.6. The zero-order valence-electron chi connectivity index (χ0n) is 32.8. The maximum Gasteiger partial charge on any atom is 0.351 e. The van der Waals surface area contributed by atoms with Gasteiger partial charge in [0.2, 0.25) is 29.5 Å². The van der Waals surface area contributed by atoms with Crippen molar-refractivity contribution < 1.29 is 63.6 Å². The lowest BCUT2D eigenvalue weighted by atomic mass is 9.84. The molecule has 19 nitrogen and oxygen atoms in total. The Morgan fingerprint density at radius 3 is 1.53 bits per heavy atom. The van der Waals surface area contributed by atoms with E-state index in [0.29, 0.717) is 11.1 Å². The Balaban J connectivity index is 2.07. The fourth-order valence-electron chi connectivity index (χ4n) is 6.90. The van der Waals surface area contributed by atoms with E-state index in [9.17, 15) is 58.5 Å². The summed E-state index contributed by atoms with van der Waals surface area (Å²) in [4.78, 5) is 115. The van der Waals surface area contributed by atoms with Gasteiger partial charge in [0.05, 0.1) is 12.5 Å². The zero-order chi connectivity index (χ0) is 44.4. The van der Waals surface area contributed by atoms with E-state index in [0.717, 1.165) is 32.1 Å². The van der Waals surface area contributed by atoms with Gasteiger partial charge in [-0.3, -0.25) is 38.4 Å². The molecule has 5 atom stereocenters. The summed E-state index contributed by atoms with van der Waals surface area (Å²) in [7, 11) is 0. The highest BCUT2D eigenvalue weighted by Crippen LogP contribution is 2.30. The summed E-state index contributed by atoms with van der Waals surface area (Å²) in [6, 6.07) is 8.84. The molecular formula is C41H52N6O13. The van der Waals surface area contributed by atoms with Gasteiger partial charge in [-0.05, 0) is 36.3 Å². The number of amides is 5. The molecule has 0 heterocycles. The van der Waals surface area contributed by atoms with Gasteiger partial charge in [0, 0.05) is 18.8 Å². The molecule has 0 aromatic heterocycles. The summed E-state index contributed by atoms with van der Waals surface area (Å²) in [5, 5.41) is 49.6. The maximum atomic E-state index is 14.6. The Labute approximate surface area is 345 Å². The number of carboxylic acid groups (broad SMARTS) is 4. The molecule has 3 rings (SSSR count). The van der Waals surface area contributed by atoms with Crippen molar-refractivity contribution in [2.24, 2.45) is 11.7 Å². The molecule has 1 aliphatic rings. The minimum absolute atomic E-state index is 0.0229. The maximum absolute atomic E-state index is 14.6. The number of nitrogens with one attached hydrogen (secondary N) is 5. The molecule has 324 valence electrons. The van der Waals surface area contributed by atoms with Crippen LogP contribution in [0.1, 0.15) is 87.7 Å². The topological polar surface area (TPSA) is 321 Å². The van der Waals surface area contributed by atoms with Crippen molar-refractivity contribution in [3.8, 4) is 0 Å². The molecule has 2 aromatic carbocycles. The predicted molar refractivity (Wildman–Crippen MR) is 213 cm³/mol. The van der Waals surface area contributed by atoms with Crippen LogP contribution in [0.5, 0.6) is 0 Å². The van der Waals surface area contributed by atoms with Gasteiger partial charge in [-0.25, -0.2) is 4.79 Å². The third-order valence-electron chi connectivity index (χ3n) is 9.98. The number of carbonyl (C=O) groups excluding carboxylic acids is 5. The number of aliphatic carboxylic acids is 4. The molecule has 19 heteroatoms. The Kier molecular flexibility index (Phi) is 18.9. The van der Waals surface area contributed by atoms with Gasteiger partial charge in [0.15, 0.2) is 0 Å². The standard InChI is InChI=1S/C41H52N6O13/c1-23(41(59)60)43-39(57)30(21-24-11-5-2-6-12-24)46-37(55)28(17-19-31(48)49)45-40(58)35(34(25-13-7-3-8-14-25)26-15-9-4-10-16-26)47-38(56)29(18-20-32(50)51)44-36(54)27(42)22-33(52)53/h3-4,7-10,13-16,24,27-30,34-35H,1-2,5-6,11-12,17-22,42H2,(H,43,57)(H,44,54)(H,45,58)(H,46,55)(H,47,56)(H,48,49)(H,50,51)(H,52,53)(H,59,60)/t27-,28-,29-,30-,35-/m0/s1. The van der Waals surface area contributed by atoms with E-state index in [1.54, 1.807) is 60.7 Å². The SMILES string of the molecule is C=C(NC(=O)[C@H](CC1CCCCC1)NC(=O)[C@H](CCC(=O)O)NC(=O)[C@@H](NC(=O)[C@H](CCC(=O)O)NC(=O)[C@@H](N)CC(=O)O)C(c1ccccc1)c1ccccc1)C(=O)O. The van der Waals surface area contributed by atoms with Crippen molar-refractivity contribution in [3.63, 3.8) is 0 Å². The fraction of sp³-hybridized carbons (Fsp3) is 0.439. The highest BCUT2D eigenvalue weighted by atomic mass is 16.4. The van der Waals surface area contributed by atoms with Crippen molar-refractivity contribution in [3.05, 3.63) is 84.1 Å². The quantitative estimate of drug-likeness (QED) is 0.0660. The lowest BCUT2D eigenvalue weighted by molar-refractivity contribution is -0.140. The van der Waals surface area contributed by atoms with Gasteiger partial charge in [-0.1, -0.05) is 99.3 Å². The van der Waals surface area contributed by atoms with E-state index < -0.39 is 127 Å². The van der Waals surface area contributed by atoms with E-state index in [1.807, 2.05) is 0 Å². The van der Waals surface area contributed by atoms with E-state index in [1.165, 1.54) is 0 Å². The van der Waals surface area contributed by atoms with Gasteiger partial charge >= 0.3 is 23.9 Å². The van der Waals surface area contributed by atoms with Crippen LogP contribution in [0.2, 0.25) is 0 Å². The second-order valence-corrected chi connectivity index (χ2v) is 14.6. The normalized spacial score (nSPS) is 15.2. The van der Waals surface area contributed by atoms with Crippen LogP contribution in [0, 0.1) is 5.92 Å². The van der Waals surface area contributed by atoms with E-state index in [4.69, 9.17) is 10.8 Å². The molecule has 11 N–H and O–H groups in total. The second kappa shape index (κ2) is 23.7. The average Bonchev–Trinajstić information content (AvgIpc) is 3.20. The molecular weight excluding hydrogens is 784 g/mol. The third kappa shape index (κ3) is 15.6. The number of benzene rings is 2. The number of rotatable bonds is 24. The summed E-state index contributed by atoms with van der Waals surface area (Å²) in [5.74, 6) is -11.7. The highest BCUT2D eigenvalue weighted by Gasteiger charge is 2.38. The molecule has 0 unspecified atom stereocenters. The number of hydrogen-bond acceptors (Lipinski definition) is 10. The third-order valence-corrected chi connectivity index (χ3v) is 9.98. The van der Waals surface area contributed by atoms with Crippen molar-refractivity contribution in [2.45, 2.75) is 107 Å². The van der Waals surface area contributed by atoms with Crippen molar-refractivity contribution >= 4 is 53.4 Å². The molecule has 0 saturated heterocycles. The Morgan fingerprint density at radius 1 is 0.600 bits per heavy atom. The monoisotopic (exact) mass is 836 g/mol. The Bertz CT molecular complexity index is 1830. The van der Waals surface area contributed by atoms with Crippen LogP contribution in [0.25, 0.3) is 0 Å². The van der Waals surface area contributed by atoms with Crippen LogP contribution in [0.15, 0.2) is 72.9 Å². The number of carbonyl (C=O) groups is 9. The minimum atomic E-state index is -1.65. The average molecular weight is 837 g/mol. The van der Waals surface area contributed by atoms with Crippen molar-refractivity contribution in [1.82, 2.24) is 26.6 Å². The fourth-order valence-corrected chi connectivity index (χ4v) is 6.90. The van der Waals surface area contributed by atoms with Crippen LogP contribution in [0.4, 0.5) is 0 Å². The number of nitrogens with two attached hydrogens (primary N) is 1. The molecule has 0 bridgehead atoms. The first-order chi connectivity index (χ1) is 28.5. The largest absolute Gasteiger partial charge is 0.481 e. The smallest absolute Gasteiger partial charge is 0.351 e. The van der Waals surface area contributed by atoms with Crippen LogP contribution in [-0.4, -0.2) is 104 Å². The van der Waals surface area contributed by atoms with Crippen LogP contribution in [0.3, 0.4) is 0 Å². The molecule has 1 aliphatic carbocycles. The number of hydrogen-bond donors (Lipinski definition) is 10. The van der Waals surface area contributed by atoms with Gasteiger partial charge in [-0.2, -0.15) is 0 Å². The van der Waals surface area contributed by atoms with Crippen LogP contribution < -0.4 is 32.3 Å². The van der Waals surface area contributed by atoms with Crippen LogP contribution in [-0.2, 0) is 43.2 Å². The molecule has 5 amide bonds. The van der Waals surface area contributed by atoms with Gasteiger partial charge in [0.1, 0.15) is 29.9 Å². The van der Waals surface area contributed by atoms with Crippen LogP contribution >= 0.6 is 0 Å². The molecule has 60 heavy (non-hydrogen) atoms. The number of carboxylic acids is 4. The first-order valence-corrected chi connectivity index (χ1v) is 19.4. The van der Waals surface area contributed by atoms with Crippen molar-refractivity contribution in [2.75, 3.05) is 0 Å². The summed E-state index contributed by atoms with van der Waals surface area (Å²) < 4.78 is 0. The van der Waals surface area contributed by atoms with Gasteiger partial charge in [0.25, 0.3) is 0 Å². The summed E-state index contributed by atoms with van der Waals surface area (Å²) in [5.41, 5.74) is 6.02. The molecule has 2 aromatic rings. The summed E-state index contributed by atoms with van der Waals surface area (Å²) in [6.45, 7) is 3.32. The minimum Gasteiger partial charge on any atom is -0.481 e. The molecule has 0 radical (unpaired) electrons. The zero-order valence-corrected chi connectivity index (χ0v) is 32.8. The van der Waals surface area contributed by atoms with E-state index >= 15 is 0 Å². The van der Waals surface area contributed by atoms with E-state index in [-0.39, 0.29) is 12.3 Å². The molecule has 0 spiro atoms. The van der Waals surface area contributed by atoms with Crippen molar-refractivity contribution in [1.29, 1.82) is 0 Å². The first kappa shape index (κ1) is 47.7. The van der Waals surface area contributed by atoms with Gasteiger partial charge in [-0.15, -0.1) is 0 Å². The highest BCUT2D eigenvalue weighted by molar-refractivity contribution is 5.98. The summed E-state index contributed by atoms with van der Waals surface area (Å²) in [6.07, 6.45) is 1.21. The lowest BCUT2D eigenvalue weighted by Crippen LogP contribution is -2.60. The summed E-state index contributed by atoms with van der Waals surface area (Å²) >= 11 is 0. The molecule has 1 saturated carbocycles. The lowest BCUT2D eigenvalue weighted by Gasteiger charge is -2.32. The first-order valence-electron chi connectivity index (χ1n) is 19.4.